The fourth-order valence-electron chi connectivity index (χ4n) is 2.79. The van der Waals surface area contributed by atoms with Crippen LogP contribution in [0.1, 0.15) is 5.56 Å². The predicted molar refractivity (Wildman–Crippen MR) is 109 cm³/mol. The van der Waals surface area contributed by atoms with Gasteiger partial charge in [0.15, 0.2) is 5.65 Å². The monoisotopic (exact) mass is 413 g/mol. The average Bonchev–Trinajstić information content (AvgIpc) is 3.16. The first-order valence-corrected chi connectivity index (χ1v) is 9.04. The molecule has 0 amide bonds. The van der Waals surface area contributed by atoms with E-state index in [1.165, 1.54) is 12.1 Å². The Labute approximate surface area is 169 Å². The standard InChI is InChI=1S/C19H13Cl2N5O2/c20-14-4-1-13(16(21)9-14)11-22-19-10-17(24-18-7-8-23-25(18)19)12-2-5-15(6-3-12)26(27)28/h1-10,22H,11H2. The summed E-state index contributed by atoms with van der Waals surface area (Å²) in [5.41, 5.74) is 3.01. The molecule has 140 valence electrons. The van der Waals surface area contributed by atoms with Crippen LogP contribution in [0.4, 0.5) is 11.5 Å². The van der Waals surface area contributed by atoms with Crippen molar-refractivity contribution >= 4 is 40.4 Å². The third kappa shape index (κ3) is 3.62. The van der Waals surface area contributed by atoms with E-state index in [1.54, 1.807) is 41.0 Å². The molecule has 0 saturated heterocycles. The van der Waals surface area contributed by atoms with E-state index >= 15 is 0 Å². The summed E-state index contributed by atoms with van der Waals surface area (Å²) in [5, 5.41) is 19.6. The van der Waals surface area contributed by atoms with Crippen LogP contribution in [0.15, 0.2) is 60.8 Å². The lowest BCUT2D eigenvalue weighted by Gasteiger charge is -2.12. The van der Waals surface area contributed by atoms with E-state index in [1.807, 2.05) is 12.1 Å². The Hall–Kier alpha value is -3.16. The second kappa shape index (κ2) is 7.46. The molecule has 0 unspecified atom stereocenters. The highest BCUT2D eigenvalue weighted by molar-refractivity contribution is 6.35. The Kier molecular flexibility index (Phi) is 4.85. The summed E-state index contributed by atoms with van der Waals surface area (Å²) in [6.07, 6.45) is 1.66. The number of aromatic nitrogens is 3. The van der Waals surface area contributed by atoms with Gasteiger partial charge in [-0.1, -0.05) is 29.3 Å². The van der Waals surface area contributed by atoms with Crippen LogP contribution in [0.3, 0.4) is 0 Å². The number of benzene rings is 2. The Balaban J connectivity index is 1.68. The highest BCUT2D eigenvalue weighted by Crippen LogP contribution is 2.26. The number of nitro benzene ring substituents is 1. The van der Waals surface area contributed by atoms with Gasteiger partial charge in [0.1, 0.15) is 5.82 Å². The molecule has 0 saturated carbocycles. The van der Waals surface area contributed by atoms with E-state index in [0.29, 0.717) is 27.9 Å². The number of nitrogens with zero attached hydrogens (tertiary/aromatic N) is 4. The van der Waals surface area contributed by atoms with Gasteiger partial charge in [-0.05, 0) is 29.8 Å². The zero-order chi connectivity index (χ0) is 19.7. The number of fused-ring (bicyclic) bond motifs is 1. The van der Waals surface area contributed by atoms with Gasteiger partial charge in [-0.15, -0.1) is 0 Å². The number of hydrogen-bond acceptors (Lipinski definition) is 5. The van der Waals surface area contributed by atoms with Crippen molar-refractivity contribution in [2.75, 3.05) is 5.32 Å². The van der Waals surface area contributed by atoms with Crippen LogP contribution in [0.5, 0.6) is 0 Å². The lowest BCUT2D eigenvalue weighted by atomic mass is 10.1. The minimum atomic E-state index is -0.430. The van der Waals surface area contributed by atoms with Crippen LogP contribution in [-0.2, 0) is 6.54 Å². The quantitative estimate of drug-likeness (QED) is 0.357. The topological polar surface area (TPSA) is 85.4 Å². The second-order valence-electron chi connectivity index (χ2n) is 6.02. The lowest BCUT2D eigenvalue weighted by molar-refractivity contribution is -0.384. The Morgan fingerprint density at radius 2 is 1.86 bits per heavy atom. The molecule has 0 fully saturated rings. The van der Waals surface area contributed by atoms with E-state index in [9.17, 15) is 10.1 Å². The van der Waals surface area contributed by atoms with Gasteiger partial charge in [0, 0.05) is 46.4 Å². The number of rotatable bonds is 5. The van der Waals surface area contributed by atoms with E-state index in [-0.39, 0.29) is 5.69 Å². The molecular formula is C19H13Cl2N5O2. The zero-order valence-electron chi connectivity index (χ0n) is 14.3. The summed E-state index contributed by atoms with van der Waals surface area (Å²) in [7, 11) is 0. The summed E-state index contributed by atoms with van der Waals surface area (Å²) in [4.78, 5) is 15.0. The molecule has 4 rings (SSSR count). The van der Waals surface area contributed by atoms with Crippen LogP contribution >= 0.6 is 23.2 Å². The van der Waals surface area contributed by atoms with Crippen LogP contribution in [-0.4, -0.2) is 19.5 Å². The fraction of sp³-hybridized carbons (Fsp3) is 0.0526. The van der Waals surface area contributed by atoms with E-state index in [2.05, 4.69) is 15.4 Å². The summed E-state index contributed by atoms with van der Waals surface area (Å²) >= 11 is 12.2. The van der Waals surface area contributed by atoms with Gasteiger partial charge < -0.3 is 5.32 Å². The summed E-state index contributed by atoms with van der Waals surface area (Å²) < 4.78 is 1.68. The summed E-state index contributed by atoms with van der Waals surface area (Å²) in [6.45, 7) is 0.467. The molecular weight excluding hydrogens is 401 g/mol. The average molecular weight is 414 g/mol. The molecule has 9 heteroatoms. The summed E-state index contributed by atoms with van der Waals surface area (Å²) in [6, 6.07) is 15.2. The SMILES string of the molecule is O=[N+]([O-])c1ccc(-c2cc(NCc3ccc(Cl)cc3Cl)n3nccc3n2)cc1. The Morgan fingerprint density at radius 3 is 2.57 bits per heavy atom. The van der Waals surface area contributed by atoms with Gasteiger partial charge in [-0.3, -0.25) is 10.1 Å². The van der Waals surface area contributed by atoms with Crippen LogP contribution in [0.25, 0.3) is 16.9 Å². The molecule has 4 aromatic rings. The van der Waals surface area contributed by atoms with Crippen molar-refractivity contribution in [1.82, 2.24) is 14.6 Å². The highest BCUT2D eigenvalue weighted by atomic mass is 35.5. The smallest absolute Gasteiger partial charge is 0.269 e. The van der Waals surface area contributed by atoms with Crippen LogP contribution in [0.2, 0.25) is 10.0 Å². The molecule has 0 spiro atoms. The largest absolute Gasteiger partial charge is 0.366 e. The number of halogens is 2. The van der Waals surface area contributed by atoms with Gasteiger partial charge >= 0.3 is 0 Å². The molecule has 0 bridgehead atoms. The minimum absolute atomic E-state index is 0.0323. The fourth-order valence-corrected chi connectivity index (χ4v) is 3.27. The summed E-state index contributed by atoms with van der Waals surface area (Å²) in [5.74, 6) is 0.717. The number of nitro groups is 1. The maximum absolute atomic E-state index is 10.9. The van der Waals surface area contributed by atoms with Gasteiger partial charge in [0.05, 0.1) is 16.8 Å². The van der Waals surface area contributed by atoms with Crippen molar-refractivity contribution in [3.63, 3.8) is 0 Å². The van der Waals surface area contributed by atoms with Crippen molar-refractivity contribution in [3.8, 4) is 11.3 Å². The van der Waals surface area contributed by atoms with Crippen LogP contribution in [0, 0.1) is 10.1 Å². The first-order chi connectivity index (χ1) is 13.5. The van der Waals surface area contributed by atoms with Crippen molar-refractivity contribution < 1.29 is 4.92 Å². The number of anilines is 1. The second-order valence-corrected chi connectivity index (χ2v) is 6.86. The predicted octanol–water partition coefficient (Wildman–Crippen LogP) is 5.22. The van der Waals surface area contributed by atoms with Gasteiger partial charge in [0.2, 0.25) is 0 Å². The van der Waals surface area contributed by atoms with Crippen LogP contribution < -0.4 is 5.32 Å². The van der Waals surface area contributed by atoms with E-state index in [0.717, 1.165) is 16.9 Å². The molecule has 7 nitrogen and oxygen atoms in total. The molecule has 0 atom stereocenters. The molecule has 28 heavy (non-hydrogen) atoms. The maximum Gasteiger partial charge on any atom is 0.269 e. The van der Waals surface area contributed by atoms with Gasteiger partial charge in [-0.2, -0.15) is 9.61 Å². The Bertz CT molecular complexity index is 1170. The van der Waals surface area contributed by atoms with Crippen molar-refractivity contribution in [1.29, 1.82) is 0 Å². The molecule has 0 aliphatic heterocycles. The number of nitrogens with one attached hydrogen (secondary N) is 1. The zero-order valence-corrected chi connectivity index (χ0v) is 15.9. The lowest BCUT2D eigenvalue weighted by Crippen LogP contribution is -2.07. The number of hydrogen-bond donors (Lipinski definition) is 1. The molecule has 2 heterocycles. The van der Waals surface area contributed by atoms with Crippen molar-refractivity contribution in [3.05, 3.63) is 86.5 Å². The third-order valence-corrected chi connectivity index (χ3v) is 4.80. The third-order valence-electron chi connectivity index (χ3n) is 4.21. The normalized spacial score (nSPS) is 10.9. The number of non-ortho nitro benzene ring substituents is 1. The van der Waals surface area contributed by atoms with Crippen molar-refractivity contribution in [2.24, 2.45) is 0 Å². The van der Waals surface area contributed by atoms with Gasteiger partial charge in [0.25, 0.3) is 5.69 Å². The van der Waals surface area contributed by atoms with Gasteiger partial charge in [-0.25, -0.2) is 4.98 Å². The Morgan fingerprint density at radius 1 is 1.07 bits per heavy atom. The molecule has 0 radical (unpaired) electrons. The first-order valence-electron chi connectivity index (χ1n) is 8.29. The molecule has 0 aliphatic rings. The van der Waals surface area contributed by atoms with E-state index < -0.39 is 4.92 Å². The molecule has 2 aromatic carbocycles. The maximum atomic E-state index is 10.9. The molecule has 2 aromatic heterocycles. The van der Waals surface area contributed by atoms with Crippen molar-refractivity contribution in [2.45, 2.75) is 6.54 Å². The first kappa shape index (κ1) is 18.2. The van der Waals surface area contributed by atoms with E-state index in [4.69, 9.17) is 23.2 Å². The molecule has 0 aliphatic carbocycles. The highest BCUT2D eigenvalue weighted by Gasteiger charge is 2.11. The minimum Gasteiger partial charge on any atom is -0.366 e. The molecule has 1 N–H and O–H groups in total.